The summed E-state index contributed by atoms with van der Waals surface area (Å²) in [5.74, 6) is -1.43. The number of amides is 5. The molecule has 216 valence electrons. The molecule has 1 aliphatic heterocycles. The third-order valence-electron chi connectivity index (χ3n) is 6.36. The van der Waals surface area contributed by atoms with Gasteiger partial charge in [-0.3, -0.25) is 14.5 Å². The molecule has 0 aliphatic carbocycles. The molecule has 2 aromatic carbocycles. The van der Waals surface area contributed by atoms with Crippen molar-refractivity contribution in [3.63, 3.8) is 0 Å². The van der Waals surface area contributed by atoms with Crippen molar-refractivity contribution in [1.82, 2.24) is 15.1 Å². The SMILES string of the molecule is CCOC(=O)NC(=O)N(C(=O)CN)c1cc(Cl)ccc1OCC(=O)N1CC(C)N(Cc2ccc(F)cc2)CC1C. The smallest absolute Gasteiger partial charge is 0.415 e. The van der Waals surface area contributed by atoms with Crippen LogP contribution in [0.15, 0.2) is 42.5 Å². The van der Waals surface area contributed by atoms with Gasteiger partial charge in [0.05, 0.1) is 18.8 Å². The Morgan fingerprint density at radius 3 is 2.45 bits per heavy atom. The number of alkyl carbamates (subject to hydrolysis) is 1. The molecule has 0 bridgehead atoms. The Balaban J connectivity index is 1.71. The van der Waals surface area contributed by atoms with Crippen LogP contribution in [0.1, 0.15) is 26.3 Å². The molecule has 0 spiro atoms. The van der Waals surface area contributed by atoms with E-state index in [1.54, 1.807) is 24.0 Å². The van der Waals surface area contributed by atoms with Crippen LogP contribution in [0, 0.1) is 5.82 Å². The molecule has 0 radical (unpaired) electrons. The number of ether oxygens (including phenoxy) is 2. The lowest BCUT2D eigenvalue weighted by Gasteiger charge is -2.44. The maximum atomic E-state index is 13.3. The summed E-state index contributed by atoms with van der Waals surface area (Å²) < 4.78 is 23.7. The number of piperazine rings is 1. The molecular weight excluding hydrogens is 545 g/mol. The predicted octanol–water partition coefficient (Wildman–Crippen LogP) is 3.14. The number of hydrogen-bond donors (Lipinski definition) is 2. The van der Waals surface area contributed by atoms with Crippen LogP contribution in [0.25, 0.3) is 0 Å². The monoisotopic (exact) mass is 577 g/mol. The zero-order valence-corrected chi connectivity index (χ0v) is 23.3. The Morgan fingerprint density at radius 2 is 1.80 bits per heavy atom. The highest BCUT2D eigenvalue weighted by Gasteiger charge is 2.33. The van der Waals surface area contributed by atoms with Gasteiger partial charge in [0, 0.05) is 36.7 Å². The van der Waals surface area contributed by atoms with Gasteiger partial charge in [-0.25, -0.2) is 24.2 Å². The predicted molar refractivity (Wildman–Crippen MR) is 146 cm³/mol. The van der Waals surface area contributed by atoms with Crippen molar-refractivity contribution in [3.05, 3.63) is 58.9 Å². The number of benzene rings is 2. The van der Waals surface area contributed by atoms with Crippen LogP contribution in [-0.4, -0.2) is 78.7 Å². The zero-order chi connectivity index (χ0) is 29.4. The summed E-state index contributed by atoms with van der Waals surface area (Å²) in [5.41, 5.74) is 6.38. The number of imide groups is 2. The largest absolute Gasteiger partial charge is 0.482 e. The second-order valence-electron chi connectivity index (χ2n) is 9.28. The molecule has 40 heavy (non-hydrogen) atoms. The molecule has 2 unspecified atom stereocenters. The number of nitrogens with zero attached hydrogens (tertiary/aromatic N) is 3. The first-order chi connectivity index (χ1) is 19.0. The molecule has 0 saturated carbocycles. The van der Waals surface area contributed by atoms with Gasteiger partial charge in [0.15, 0.2) is 6.61 Å². The minimum Gasteiger partial charge on any atom is -0.482 e. The van der Waals surface area contributed by atoms with E-state index in [4.69, 9.17) is 26.8 Å². The van der Waals surface area contributed by atoms with Crippen LogP contribution in [0.4, 0.5) is 19.7 Å². The van der Waals surface area contributed by atoms with Crippen molar-refractivity contribution in [2.24, 2.45) is 5.73 Å². The fourth-order valence-electron chi connectivity index (χ4n) is 4.36. The van der Waals surface area contributed by atoms with E-state index in [9.17, 15) is 23.6 Å². The molecule has 0 aromatic heterocycles. The maximum Gasteiger partial charge on any atom is 0.415 e. The second kappa shape index (κ2) is 14.1. The van der Waals surface area contributed by atoms with E-state index in [0.29, 0.717) is 24.5 Å². The average Bonchev–Trinajstić information content (AvgIpc) is 2.91. The highest BCUT2D eigenvalue weighted by molar-refractivity contribution is 6.31. The third kappa shape index (κ3) is 7.90. The van der Waals surface area contributed by atoms with Crippen molar-refractivity contribution in [2.75, 3.05) is 37.7 Å². The average molecular weight is 578 g/mol. The molecule has 1 aliphatic rings. The first kappa shape index (κ1) is 30.8. The number of hydrogen-bond acceptors (Lipinski definition) is 8. The summed E-state index contributed by atoms with van der Waals surface area (Å²) in [6.07, 6.45) is -1.05. The summed E-state index contributed by atoms with van der Waals surface area (Å²) >= 11 is 6.12. The van der Waals surface area contributed by atoms with Gasteiger partial charge in [-0.05, 0) is 56.7 Å². The zero-order valence-electron chi connectivity index (χ0n) is 22.6. The Morgan fingerprint density at radius 1 is 1.10 bits per heavy atom. The van der Waals surface area contributed by atoms with Crippen LogP contribution in [0.2, 0.25) is 5.02 Å². The van der Waals surface area contributed by atoms with Crippen molar-refractivity contribution in [1.29, 1.82) is 0 Å². The molecule has 3 rings (SSSR count). The number of carbonyl (C=O) groups excluding carboxylic acids is 4. The number of anilines is 1. The minimum atomic E-state index is -1.12. The van der Waals surface area contributed by atoms with Crippen molar-refractivity contribution >= 4 is 41.2 Å². The Kier molecular flexibility index (Phi) is 10.8. The van der Waals surface area contributed by atoms with Crippen LogP contribution < -0.4 is 20.7 Å². The van der Waals surface area contributed by atoms with Crippen LogP contribution >= 0.6 is 11.6 Å². The van der Waals surface area contributed by atoms with E-state index >= 15 is 0 Å². The van der Waals surface area contributed by atoms with Crippen molar-refractivity contribution in [3.8, 4) is 5.75 Å². The van der Waals surface area contributed by atoms with Crippen molar-refractivity contribution < 1.29 is 33.0 Å². The lowest BCUT2D eigenvalue weighted by molar-refractivity contribution is -0.139. The lowest BCUT2D eigenvalue weighted by Crippen LogP contribution is -2.58. The van der Waals surface area contributed by atoms with E-state index in [1.165, 1.54) is 30.3 Å². The first-order valence-electron chi connectivity index (χ1n) is 12.7. The van der Waals surface area contributed by atoms with Gasteiger partial charge in [-0.1, -0.05) is 23.7 Å². The van der Waals surface area contributed by atoms with E-state index in [2.05, 4.69) is 4.90 Å². The van der Waals surface area contributed by atoms with E-state index in [1.807, 2.05) is 19.2 Å². The maximum absolute atomic E-state index is 13.3. The number of halogens is 2. The topological polar surface area (TPSA) is 135 Å². The fraction of sp³-hybridized carbons (Fsp3) is 0.407. The van der Waals surface area contributed by atoms with E-state index in [0.717, 1.165) is 5.56 Å². The molecule has 2 aromatic rings. The molecule has 13 heteroatoms. The summed E-state index contributed by atoms with van der Waals surface area (Å²) in [6.45, 7) is 6.22. The number of nitrogens with two attached hydrogens (primary N) is 1. The molecule has 1 saturated heterocycles. The first-order valence-corrected chi connectivity index (χ1v) is 13.1. The summed E-state index contributed by atoms with van der Waals surface area (Å²) in [5, 5.41) is 2.12. The molecule has 1 fully saturated rings. The van der Waals surface area contributed by atoms with Crippen molar-refractivity contribution in [2.45, 2.75) is 39.4 Å². The van der Waals surface area contributed by atoms with Gasteiger partial charge >= 0.3 is 12.1 Å². The lowest BCUT2D eigenvalue weighted by atomic mass is 10.1. The van der Waals surface area contributed by atoms with Crippen LogP contribution in [-0.2, 0) is 20.9 Å². The molecule has 5 amide bonds. The Bertz CT molecular complexity index is 1230. The standard InChI is InChI=1S/C27H33ClFN5O6/c1-4-39-27(38)31-26(37)34(24(35)12-30)22-11-20(28)7-10-23(22)40-16-25(36)33-14-17(2)32(13-18(33)3)15-19-5-8-21(29)9-6-19/h5-11,17-18H,4,12-16,30H2,1-3H3,(H,31,37,38). The molecule has 11 nitrogen and oxygen atoms in total. The van der Waals surface area contributed by atoms with Crippen LogP contribution in [0.5, 0.6) is 5.75 Å². The number of nitrogens with one attached hydrogen (secondary N) is 1. The molecule has 1 heterocycles. The van der Waals surface area contributed by atoms with Gasteiger partial charge in [0.2, 0.25) is 5.91 Å². The minimum absolute atomic E-state index is 0.00852. The van der Waals surface area contributed by atoms with Gasteiger partial charge in [-0.15, -0.1) is 0 Å². The van der Waals surface area contributed by atoms with Gasteiger partial charge in [-0.2, -0.15) is 0 Å². The highest BCUT2D eigenvalue weighted by Crippen LogP contribution is 2.32. The highest BCUT2D eigenvalue weighted by atomic mass is 35.5. The normalized spacial score (nSPS) is 17.2. The molecule has 3 N–H and O–H groups in total. The Hall–Kier alpha value is -3.74. The van der Waals surface area contributed by atoms with Crippen LogP contribution in [0.3, 0.4) is 0 Å². The molecular formula is C27H33ClFN5O6. The second-order valence-corrected chi connectivity index (χ2v) is 9.72. The third-order valence-corrected chi connectivity index (χ3v) is 6.59. The van der Waals surface area contributed by atoms with Gasteiger partial charge in [0.25, 0.3) is 5.91 Å². The number of urea groups is 1. The quantitative estimate of drug-likeness (QED) is 0.489. The summed E-state index contributed by atoms with van der Waals surface area (Å²) in [4.78, 5) is 54.9. The van der Waals surface area contributed by atoms with E-state index < -0.39 is 24.6 Å². The Labute approximate surface area is 236 Å². The number of rotatable bonds is 8. The van der Waals surface area contributed by atoms with E-state index in [-0.39, 0.29) is 53.5 Å². The van der Waals surface area contributed by atoms with Gasteiger partial charge in [0.1, 0.15) is 11.6 Å². The fourth-order valence-corrected chi connectivity index (χ4v) is 4.53. The number of carbonyl (C=O) groups is 4. The summed E-state index contributed by atoms with van der Waals surface area (Å²) in [7, 11) is 0. The van der Waals surface area contributed by atoms with Gasteiger partial charge < -0.3 is 20.1 Å². The summed E-state index contributed by atoms with van der Waals surface area (Å²) in [6, 6.07) is 9.28. The molecule has 2 atom stereocenters.